The first-order valence-corrected chi connectivity index (χ1v) is 12.6. The number of aromatic nitrogens is 8. The minimum absolute atomic E-state index is 0.199. The van der Waals surface area contributed by atoms with Gasteiger partial charge in [-0.25, -0.2) is 14.6 Å². The summed E-state index contributed by atoms with van der Waals surface area (Å²) in [5.74, 6) is 2.03. The quantitative estimate of drug-likeness (QED) is 0.425. The van der Waals surface area contributed by atoms with Crippen LogP contribution in [0, 0.1) is 5.92 Å². The van der Waals surface area contributed by atoms with Crippen LogP contribution in [0.4, 0.5) is 17.5 Å². The molecule has 12 heteroatoms. The first-order valence-electron chi connectivity index (χ1n) is 12.6. The number of aromatic amines is 1. The van der Waals surface area contributed by atoms with Crippen molar-refractivity contribution >= 4 is 34.3 Å². The van der Waals surface area contributed by atoms with Gasteiger partial charge in [0.15, 0.2) is 0 Å². The summed E-state index contributed by atoms with van der Waals surface area (Å²) in [6.07, 6.45) is 5.23. The molecule has 3 aromatic heterocycles. The molecule has 2 N–H and O–H groups in total. The van der Waals surface area contributed by atoms with Gasteiger partial charge >= 0.3 is 0 Å². The fraction of sp³-hybridized carbons (Fsp3) is 0.400. The second-order valence-corrected chi connectivity index (χ2v) is 9.67. The number of fused-ring (bicyclic) bond motifs is 2. The van der Waals surface area contributed by atoms with Crippen LogP contribution in [0.1, 0.15) is 33.1 Å². The van der Waals surface area contributed by atoms with Crippen molar-refractivity contribution in [3.05, 3.63) is 41.9 Å². The fourth-order valence-electron chi connectivity index (χ4n) is 5.14. The van der Waals surface area contributed by atoms with E-state index in [-0.39, 0.29) is 5.91 Å². The molecule has 0 saturated carbocycles. The van der Waals surface area contributed by atoms with Crippen molar-refractivity contribution in [1.29, 1.82) is 0 Å². The molecular formula is C25H29N11O. The van der Waals surface area contributed by atoms with E-state index in [1.54, 1.807) is 11.0 Å². The van der Waals surface area contributed by atoms with E-state index in [0.29, 0.717) is 29.7 Å². The van der Waals surface area contributed by atoms with Crippen LogP contribution in [0.3, 0.4) is 0 Å². The number of benzene rings is 1. The monoisotopic (exact) mass is 499 g/mol. The number of carbonyl (C=O) groups excluding carboxylic acids is 1. The zero-order chi connectivity index (χ0) is 25.5. The van der Waals surface area contributed by atoms with Crippen LogP contribution in [0.5, 0.6) is 0 Å². The Balaban J connectivity index is 1.27. The predicted molar refractivity (Wildman–Crippen MR) is 140 cm³/mol. The van der Waals surface area contributed by atoms with E-state index in [4.69, 9.17) is 0 Å². The van der Waals surface area contributed by atoms with Crippen molar-refractivity contribution < 1.29 is 4.79 Å². The van der Waals surface area contributed by atoms with Crippen LogP contribution < -0.4 is 15.1 Å². The Morgan fingerprint density at radius 3 is 3.00 bits per heavy atom. The van der Waals surface area contributed by atoms with E-state index in [1.807, 2.05) is 43.1 Å². The Kier molecular flexibility index (Phi) is 5.78. The van der Waals surface area contributed by atoms with Gasteiger partial charge in [0.2, 0.25) is 5.95 Å². The molecule has 0 aliphatic carbocycles. The van der Waals surface area contributed by atoms with Gasteiger partial charge in [-0.05, 0) is 54.3 Å². The van der Waals surface area contributed by atoms with Crippen LogP contribution in [0.15, 0.2) is 41.9 Å². The van der Waals surface area contributed by atoms with Gasteiger partial charge in [-0.15, -0.1) is 0 Å². The average molecular weight is 500 g/mol. The molecule has 1 saturated heterocycles. The van der Waals surface area contributed by atoms with Gasteiger partial charge < -0.3 is 15.1 Å². The van der Waals surface area contributed by atoms with Gasteiger partial charge in [0, 0.05) is 43.0 Å². The number of nitrogens with one attached hydrogen (secondary N) is 2. The van der Waals surface area contributed by atoms with E-state index in [1.165, 1.54) is 19.3 Å². The lowest BCUT2D eigenvalue weighted by Gasteiger charge is -2.33. The number of tetrazole rings is 1. The number of hydrogen-bond donors (Lipinski definition) is 2. The Labute approximate surface area is 213 Å². The third-order valence-corrected chi connectivity index (χ3v) is 7.47. The number of rotatable bonds is 5. The zero-order valence-electron chi connectivity index (χ0n) is 21.1. The lowest BCUT2D eigenvalue weighted by molar-refractivity contribution is -0.113. The molecule has 0 radical (unpaired) electrons. The van der Waals surface area contributed by atoms with E-state index < -0.39 is 0 Å². The Bertz CT molecular complexity index is 1500. The Morgan fingerprint density at radius 1 is 1.24 bits per heavy atom. The molecule has 37 heavy (non-hydrogen) atoms. The number of H-pyrrole nitrogens is 1. The Morgan fingerprint density at radius 2 is 2.14 bits per heavy atom. The standard InChI is InChI=1S/C25H29N11O/c1-4-16-6-5-9-35(12-16)22-11-21(26-14-27-22)23-18-10-17(7-8-20(18)29-30-23)28-24(37)19-13-36-25(31-32-33-36)34(3)15(19)2/h7-8,10-11,14,16H,4-6,9,12-13H2,1-3H3,(H,28,37)(H,29,30)/t16-/m1/s1. The Hall–Kier alpha value is -4.35. The maximum Gasteiger partial charge on any atom is 0.255 e. The highest BCUT2D eigenvalue weighted by Crippen LogP contribution is 2.31. The average Bonchev–Trinajstić information content (AvgIpc) is 3.58. The SMILES string of the molecule is CC[C@@H]1CCCN(c2cc(-c3n[nH]c4ccc(NC(=O)C5=C(C)N(C)c6nnnn6C5)cc34)ncn2)C1. The molecular weight excluding hydrogens is 470 g/mol. The molecule has 4 aromatic rings. The third-order valence-electron chi connectivity index (χ3n) is 7.47. The molecule has 1 aromatic carbocycles. The van der Waals surface area contributed by atoms with Crippen LogP contribution >= 0.6 is 0 Å². The summed E-state index contributed by atoms with van der Waals surface area (Å²) in [7, 11) is 1.84. The van der Waals surface area contributed by atoms with Gasteiger partial charge in [-0.1, -0.05) is 18.4 Å². The summed E-state index contributed by atoms with van der Waals surface area (Å²) in [6, 6.07) is 7.70. The number of piperidine rings is 1. The van der Waals surface area contributed by atoms with E-state index >= 15 is 0 Å². The van der Waals surface area contributed by atoms with Crippen LogP contribution in [-0.4, -0.2) is 66.4 Å². The van der Waals surface area contributed by atoms with Crippen LogP contribution in [0.25, 0.3) is 22.3 Å². The largest absolute Gasteiger partial charge is 0.356 e. The van der Waals surface area contributed by atoms with Crippen LogP contribution in [0.2, 0.25) is 0 Å². The number of allylic oxidation sites excluding steroid dienone is 1. The zero-order valence-corrected chi connectivity index (χ0v) is 21.1. The van der Waals surface area contributed by atoms with Crippen molar-refractivity contribution in [2.75, 3.05) is 35.3 Å². The molecule has 6 rings (SSSR count). The molecule has 0 unspecified atom stereocenters. The number of amides is 1. The normalized spacial score (nSPS) is 17.9. The van der Waals surface area contributed by atoms with Crippen molar-refractivity contribution in [2.24, 2.45) is 5.92 Å². The molecule has 0 bridgehead atoms. The van der Waals surface area contributed by atoms with Crippen molar-refractivity contribution in [1.82, 2.24) is 40.4 Å². The molecule has 5 heterocycles. The van der Waals surface area contributed by atoms with Gasteiger partial charge in [-0.3, -0.25) is 9.89 Å². The van der Waals surface area contributed by atoms with E-state index in [9.17, 15) is 4.79 Å². The van der Waals surface area contributed by atoms with Gasteiger partial charge in [0.25, 0.3) is 5.91 Å². The first-order chi connectivity index (χ1) is 18.0. The summed E-state index contributed by atoms with van der Waals surface area (Å²) >= 11 is 0. The number of nitrogens with zero attached hydrogens (tertiary/aromatic N) is 9. The van der Waals surface area contributed by atoms with Gasteiger partial charge in [0.05, 0.1) is 23.3 Å². The molecule has 0 spiro atoms. The molecule has 1 fully saturated rings. The summed E-state index contributed by atoms with van der Waals surface area (Å²) in [5, 5.41) is 23.3. The second-order valence-electron chi connectivity index (χ2n) is 9.67. The highest BCUT2D eigenvalue weighted by Gasteiger charge is 2.27. The maximum absolute atomic E-state index is 13.2. The molecule has 2 aliphatic rings. The summed E-state index contributed by atoms with van der Waals surface area (Å²) < 4.78 is 1.61. The summed E-state index contributed by atoms with van der Waals surface area (Å²) in [6.45, 7) is 6.46. The topological polar surface area (TPSA) is 134 Å². The minimum Gasteiger partial charge on any atom is -0.356 e. The minimum atomic E-state index is -0.199. The molecule has 12 nitrogen and oxygen atoms in total. The predicted octanol–water partition coefficient (Wildman–Crippen LogP) is 3.00. The van der Waals surface area contributed by atoms with Crippen molar-refractivity contribution in [2.45, 2.75) is 39.7 Å². The van der Waals surface area contributed by atoms with E-state index in [2.05, 4.69) is 52.8 Å². The van der Waals surface area contributed by atoms with E-state index in [0.717, 1.165) is 46.9 Å². The summed E-state index contributed by atoms with van der Waals surface area (Å²) in [4.78, 5) is 26.5. The molecule has 190 valence electrons. The maximum atomic E-state index is 13.2. The van der Waals surface area contributed by atoms with Crippen molar-refractivity contribution in [3.63, 3.8) is 0 Å². The highest BCUT2D eigenvalue weighted by atomic mass is 16.1. The molecule has 1 atom stereocenters. The molecule has 1 amide bonds. The van der Waals surface area contributed by atoms with Crippen molar-refractivity contribution in [3.8, 4) is 11.4 Å². The lowest BCUT2D eigenvalue weighted by Crippen LogP contribution is -2.35. The number of anilines is 3. The summed E-state index contributed by atoms with van der Waals surface area (Å²) in [5.41, 5.74) is 4.41. The first kappa shape index (κ1) is 23.1. The number of hydrogen-bond acceptors (Lipinski definition) is 9. The van der Waals surface area contributed by atoms with Gasteiger partial charge in [-0.2, -0.15) is 5.10 Å². The third kappa shape index (κ3) is 4.17. The lowest BCUT2D eigenvalue weighted by atomic mass is 9.96. The molecule has 2 aliphatic heterocycles. The smallest absolute Gasteiger partial charge is 0.255 e. The second kappa shape index (κ2) is 9.26. The van der Waals surface area contributed by atoms with Crippen LogP contribution in [-0.2, 0) is 11.3 Å². The fourth-order valence-corrected chi connectivity index (χ4v) is 5.14. The number of carbonyl (C=O) groups is 1. The van der Waals surface area contributed by atoms with Gasteiger partial charge in [0.1, 0.15) is 17.8 Å². The highest BCUT2D eigenvalue weighted by molar-refractivity contribution is 6.06.